The van der Waals surface area contributed by atoms with Crippen molar-refractivity contribution < 1.29 is 8.60 Å². The van der Waals surface area contributed by atoms with Gasteiger partial charge in [-0.05, 0) is 12.1 Å². The molecule has 0 amide bonds. The third-order valence-corrected chi connectivity index (χ3v) is 2.41. The van der Waals surface area contributed by atoms with Crippen LogP contribution < -0.4 is 0 Å². The first-order valence-corrected chi connectivity index (χ1v) is 4.57. The lowest BCUT2D eigenvalue weighted by Crippen LogP contribution is -1.90. The van der Waals surface area contributed by atoms with E-state index in [1.807, 2.05) is 0 Å². The monoisotopic (exact) mass is 205 g/mol. The minimum atomic E-state index is -0.455. The predicted octanol–water partition coefficient (Wildman–Crippen LogP) is 2.97. The van der Waals surface area contributed by atoms with Crippen molar-refractivity contribution in [1.29, 1.82) is 0 Å². The molecule has 0 saturated carbocycles. The van der Waals surface area contributed by atoms with E-state index in [1.54, 1.807) is 13.0 Å². The summed E-state index contributed by atoms with van der Waals surface area (Å²) in [5.74, 6) is -0.455. The van der Waals surface area contributed by atoms with Gasteiger partial charge in [0.25, 0.3) is 5.25 Å². The molecule has 0 aliphatic carbocycles. The third kappa shape index (κ3) is 1.99. The molecule has 0 fully saturated rings. The van der Waals surface area contributed by atoms with Crippen LogP contribution in [0.15, 0.2) is 18.2 Å². The quantitative estimate of drug-likeness (QED) is 0.679. The summed E-state index contributed by atoms with van der Waals surface area (Å²) in [7, 11) is 0. The fourth-order valence-corrected chi connectivity index (χ4v) is 1.27. The van der Waals surface area contributed by atoms with Crippen molar-refractivity contribution in [3.05, 3.63) is 34.6 Å². The molecule has 0 aliphatic heterocycles. The number of hydrogen-bond donors (Lipinski definition) is 0. The minimum absolute atomic E-state index is 0.0633. The van der Waals surface area contributed by atoms with Crippen LogP contribution in [0.25, 0.3) is 0 Å². The molecule has 12 heavy (non-hydrogen) atoms. The predicted molar refractivity (Wildman–Crippen MR) is 47.9 cm³/mol. The Balaban J connectivity index is 3.04. The van der Waals surface area contributed by atoms with E-state index >= 15 is 0 Å². The zero-order valence-electron chi connectivity index (χ0n) is 6.38. The fraction of sp³-hybridized carbons (Fsp3) is 0.250. The van der Waals surface area contributed by atoms with E-state index in [2.05, 4.69) is 0 Å². The highest BCUT2D eigenvalue weighted by Gasteiger charge is 2.18. The standard InChI is InChI=1S/C8H7ClFOS/c1-5(12-11)6-2-3-8(10)7(9)4-6/h2-5H,1H3/q+1. The summed E-state index contributed by atoms with van der Waals surface area (Å²) in [5.41, 5.74) is 0.751. The maximum absolute atomic E-state index is 12.6. The summed E-state index contributed by atoms with van der Waals surface area (Å²) in [4.78, 5) is 0. The number of halogens is 2. The highest BCUT2D eigenvalue weighted by atomic mass is 35.5. The Kier molecular flexibility index (Phi) is 3.12. The second-order valence-corrected chi connectivity index (χ2v) is 3.72. The number of benzene rings is 1. The summed E-state index contributed by atoms with van der Waals surface area (Å²) in [6.45, 7) is 1.75. The van der Waals surface area contributed by atoms with Crippen LogP contribution in [0.1, 0.15) is 17.7 Å². The topological polar surface area (TPSA) is 17.1 Å². The molecule has 0 spiro atoms. The molecule has 1 aromatic rings. The van der Waals surface area contributed by atoms with E-state index in [4.69, 9.17) is 11.6 Å². The van der Waals surface area contributed by atoms with Gasteiger partial charge in [-0.15, -0.1) is 0 Å². The van der Waals surface area contributed by atoms with Crippen LogP contribution >= 0.6 is 11.6 Å². The molecule has 0 aromatic heterocycles. The molecular formula is C8H7ClFOS+. The first-order valence-electron chi connectivity index (χ1n) is 3.38. The van der Waals surface area contributed by atoms with Crippen molar-refractivity contribution in [1.82, 2.24) is 0 Å². The van der Waals surface area contributed by atoms with Gasteiger partial charge in [0.1, 0.15) is 5.82 Å². The smallest absolute Gasteiger partial charge is 0.205 e. The summed E-state index contributed by atoms with van der Waals surface area (Å²) >= 11 is 5.99. The normalized spacial score (nSPS) is 12.6. The van der Waals surface area contributed by atoms with Crippen LogP contribution in [0.2, 0.25) is 5.02 Å². The van der Waals surface area contributed by atoms with Crippen molar-refractivity contribution in [2.24, 2.45) is 0 Å². The van der Waals surface area contributed by atoms with Crippen molar-refractivity contribution in [3.63, 3.8) is 0 Å². The van der Waals surface area contributed by atoms with Gasteiger partial charge < -0.3 is 0 Å². The molecular weight excluding hydrogens is 199 g/mol. The van der Waals surface area contributed by atoms with Gasteiger partial charge in [-0.25, -0.2) is 4.39 Å². The largest absolute Gasteiger partial charge is 0.466 e. The Morgan fingerprint density at radius 1 is 1.58 bits per heavy atom. The average Bonchev–Trinajstić information content (AvgIpc) is 2.08. The molecule has 1 rings (SSSR count). The van der Waals surface area contributed by atoms with Crippen molar-refractivity contribution in [3.8, 4) is 0 Å². The first kappa shape index (κ1) is 9.55. The van der Waals surface area contributed by atoms with Crippen LogP contribution in [0.5, 0.6) is 0 Å². The van der Waals surface area contributed by atoms with E-state index in [1.165, 1.54) is 12.1 Å². The van der Waals surface area contributed by atoms with Crippen LogP contribution in [-0.2, 0) is 15.9 Å². The Hall–Kier alpha value is -0.540. The summed E-state index contributed by atoms with van der Waals surface area (Å²) in [6, 6.07) is 4.31. The van der Waals surface area contributed by atoms with Crippen molar-refractivity contribution >= 4 is 23.3 Å². The lowest BCUT2D eigenvalue weighted by molar-refractivity contribution is 0.600. The Labute approximate surface area is 79.0 Å². The van der Waals surface area contributed by atoms with Crippen LogP contribution in [0.3, 0.4) is 0 Å². The maximum atomic E-state index is 12.6. The second kappa shape index (κ2) is 3.92. The second-order valence-electron chi connectivity index (χ2n) is 2.41. The Bertz CT molecular complexity index is 303. The molecule has 0 radical (unpaired) electrons. The van der Waals surface area contributed by atoms with E-state index in [0.29, 0.717) is 11.7 Å². The van der Waals surface area contributed by atoms with Gasteiger partial charge in [0.05, 0.1) is 5.02 Å². The number of rotatable bonds is 2. The highest BCUT2D eigenvalue weighted by Crippen LogP contribution is 2.21. The molecule has 0 aliphatic rings. The molecule has 1 unspecified atom stereocenters. The van der Waals surface area contributed by atoms with E-state index in [9.17, 15) is 8.60 Å². The van der Waals surface area contributed by atoms with Crippen LogP contribution in [0.4, 0.5) is 4.39 Å². The lowest BCUT2D eigenvalue weighted by atomic mass is 10.2. The Morgan fingerprint density at radius 3 is 2.75 bits per heavy atom. The van der Waals surface area contributed by atoms with E-state index in [-0.39, 0.29) is 10.3 Å². The summed E-state index contributed by atoms with van der Waals surface area (Å²) in [5, 5.41) is -0.128. The zero-order chi connectivity index (χ0) is 9.14. The van der Waals surface area contributed by atoms with Gasteiger partial charge in [-0.1, -0.05) is 17.7 Å². The van der Waals surface area contributed by atoms with E-state index in [0.717, 1.165) is 5.56 Å². The molecule has 1 aromatic carbocycles. The third-order valence-electron chi connectivity index (χ3n) is 1.56. The molecule has 1 nitrogen and oxygen atoms in total. The summed E-state index contributed by atoms with van der Waals surface area (Å²) in [6.07, 6.45) is 0. The molecule has 0 bridgehead atoms. The highest BCUT2D eigenvalue weighted by molar-refractivity contribution is 7.65. The van der Waals surface area contributed by atoms with Crippen LogP contribution in [0, 0.1) is 5.82 Å². The molecule has 64 valence electrons. The maximum Gasteiger partial charge on any atom is 0.466 e. The van der Waals surface area contributed by atoms with Gasteiger partial charge in [0.15, 0.2) is 0 Å². The van der Waals surface area contributed by atoms with Gasteiger partial charge in [0, 0.05) is 16.7 Å². The van der Waals surface area contributed by atoms with Crippen LogP contribution in [-0.4, -0.2) is 0 Å². The van der Waals surface area contributed by atoms with Gasteiger partial charge in [-0.3, -0.25) is 0 Å². The fourth-order valence-electron chi connectivity index (χ4n) is 0.821. The van der Waals surface area contributed by atoms with Gasteiger partial charge >= 0.3 is 11.7 Å². The summed E-state index contributed by atoms with van der Waals surface area (Å²) < 4.78 is 23.1. The molecule has 0 saturated heterocycles. The first-order chi connectivity index (χ1) is 5.65. The molecule has 1 atom stereocenters. The number of hydrogen-bond acceptors (Lipinski definition) is 1. The van der Waals surface area contributed by atoms with E-state index < -0.39 is 5.82 Å². The van der Waals surface area contributed by atoms with Gasteiger partial charge in [-0.2, -0.15) is 0 Å². The van der Waals surface area contributed by atoms with Crippen molar-refractivity contribution in [2.75, 3.05) is 0 Å². The molecule has 0 N–H and O–H groups in total. The zero-order valence-corrected chi connectivity index (χ0v) is 7.95. The average molecular weight is 206 g/mol. The van der Waals surface area contributed by atoms with Crippen molar-refractivity contribution in [2.45, 2.75) is 12.2 Å². The SMILES string of the molecule is CC([S+]=O)c1ccc(F)c(Cl)c1. The minimum Gasteiger partial charge on any atom is -0.205 e. The molecule has 4 heteroatoms. The van der Waals surface area contributed by atoms with Gasteiger partial charge in [0.2, 0.25) is 0 Å². The lowest BCUT2D eigenvalue weighted by Gasteiger charge is -1.96. The Morgan fingerprint density at radius 2 is 2.25 bits per heavy atom. The molecule has 0 heterocycles.